The Bertz CT molecular complexity index is 971. The quantitative estimate of drug-likeness (QED) is 0.653. The van der Waals surface area contributed by atoms with Crippen molar-refractivity contribution in [3.8, 4) is 17.0 Å². The number of hydrogen-bond donors (Lipinski definition) is 2. The number of aromatic nitrogens is 2. The van der Waals surface area contributed by atoms with Crippen LogP contribution in [-0.4, -0.2) is 28.4 Å². The highest BCUT2D eigenvalue weighted by Crippen LogP contribution is 2.40. The molecule has 3 heterocycles. The molecule has 4 nitrogen and oxygen atoms in total. The average molecular weight is 393 g/mol. The lowest BCUT2D eigenvalue weighted by Crippen LogP contribution is -2.28. The largest absolute Gasteiger partial charge is 0.507 e. The molecule has 1 aromatic carbocycles. The van der Waals surface area contributed by atoms with Gasteiger partial charge in [0.05, 0.1) is 16.0 Å². The summed E-state index contributed by atoms with van der Waals surface area (Å²) in [5.74, 6) is -0.0434. The molecule has 1 unspecified atom stereocenters. The predicted molar refractivity (Wildman–Crippen MR) is 99.1 cm³/mol. The summed E-state index contributed by atoms with van der Waals surface area (Å²) in [6.45, 7) is 3.47. The number of rotatable bonds is 2. The number of aryl methyl sites for hydroxylation is 1. The first-order valence-corrected chi connectivity index (χ1v) is 9.59. The molecule has 0 saturated carbocycles. The lowest BCUT2D eigenvalue weighted by molar-refractivity contribution is -0.137. The number of phenols is 1. The van der Waals surface area contributed by atoms with E-state index < -0.39 is 17.5 Å². The monoisotopic (exact) mass is 393 g/mol. The van der Waals surface area contributed by atoms with Crippen molar-refractivity contribution < 1.29 is 18.3 Å². The molecule has 0 radical (unpaired) electrons. The Hall–Kier alpha value is -2.19. The Balaban J connectivity index is 1.75. The third-order valence-electron chi connectivity index (χ3n) is 4.98. The molecule has 142 valence electrons. The third kappa shape index (κ3) is 3.39. The first-order valence-electron chi connectivity index (χ1n) is 8.71. The molecule has 1 fully saturated rings. The third-order valence-corrected chi connectivity index (χ3v) is 5.92. The van der Waals surface area contributed by atoms with E-state index in [0.29, 0.717) is 17.2 Å². The maximum Gasteiger partial charge on any atom is 0.416 e. The van der Waals surface area contributed by atoms with Crippen molar-refractivity contribution >= 4 is 21.6 Å². The van der Waals surface area contributed by atoms with E-state index >= 15 is 0 Å². The van der Waals surface area contributed by atoms with Crippen LogP contribution in [0.1, 0.15) is 35.4 Å². The minimum absolute atomic E-state index is 0.284. The highest BCUT2D eigenvalue weighted by Gasteiger charge is 2.32. The van der Waals surface area contributed by atoms with E-state index in [9.17, 15) is 18.3 Å². The van der Waals surface area contributed by atoms with Gasteiger partial charge in [0.25, 0.3) is 0 Å². The maximum absolute atomic E-state index is 12.9. The Morgan fingerprint density at radius 2 is 2.04 bits per heavy atom. The fourth-order valence-corrected chi connectivity index (χ4v) is 4.65. The van der Waals surface area contributed by atoms with E-state index in [1.54, 1.807) is 17.4 Å². The molecule has 0 amide bonds. The molecule has 1 atom stereocenters. The van der Waals surface area contributed by atoms with E-state index in [1.165, 1.54) is 6.92 Å². The number of halogens is 3. The van der Waals surface area contributed by atoms with Crippen LogP contribution in [0.2, 0.25) is 0 Å². The van der Waals surface area contributed by atoms with Gasteiger partial charge < -0.3 is 10.4 Å². The van der Waals surface area contributed by atoms with Crippen LogP contribution in [0.25, 0.3) is 21.5 Å². The van der Waals surface area contributed by atoms with Crippen LogP contribution < -0.4 is 5.32 Å². The number of alkyl halides is 3. The topological polar surface area (TPSA) is 58.0 Å². The summed E-state index contributed by atoms with van der Waals surface area (Å²) in [5.41, 5.74) is 2.09. The van der Waals surface area contributed by atoms with Gasteiger partial charge >= 0.3 is 6.18 Å². The molecule has 1 saturated heterocycles. The predicted octanol–water partition coefficient (Wildman–Crippen LogP) is 4.86. The van der Waals surface area contributed by atoms with Crippen molar-refractivity contribution in [1.82, 2.24) is 15.5 Å². The molecular weight excluding hydrogens is 375 g/mol. The fraction of sp³-hybridized carbons (Fsp3) is 0.368. The molecule has 27 heavy (non-hydrogen) atoms. The molecule has 2 N–H and O–H groups in total. The number of hydrogen-bond acceptors (Lipinski definition) is 5. The minimum Gasteiger partial charge on any atom is -0.507 e. The zero-order valence-electron chi connectivity index (χ0n) is 14.6. The van der Waals surface area contributed by atoms with Gasteiger partial charge in [-0.2, -0.15) is 13.2 Å². The normalized spacial score (nSPS) is 18.1. The van der Waals surface area contributed by atoms with Crippen LogP contribution in [0.3, 0.4) is 0 Å². The van der Waals surface area contributed by atoms with Gasteiger partial charge in [-0.1, -0.05) is 0 Å². The van der Waals surface area contributed by atoms with Gasteiger partial charge in [-0.05, 0) is 66.9 Å². The van der Waals surface area contributed by atoms with Crippen molar-refractivity contribution in [2.45, 2.75) is 31.9 Å². The van der Waals surface area contributed by atoms with Crippen LogP contribution in [0.4, 0.5) is 13.2 Å². The molecule has 0 bridgehead atoms. The molecule has 3 aromatic rings. The Labute approximate surface area is 158 Å². The number of piperidine rings is 1. The molecule has 2 aromatic heterocycles. The minimum atomic E-state index is -4.51. The van der Waals surface area contributed by atoms with Crippen LogP contribution >= 0.6 is 11.3 Å². The van der Waals surface area contributed by atoms with Crippen molar-refractivity contribution in [3.05, 3.63) is 40.3 Å². The molecular formula is C19H18F3N3OS. The summed E-state index contributed by atoms with van der Waals surface area (Å²) in [5, 5.41) is 24.2. The van der Waals surface area contributed by atoms with Crippen LogP contribution in [0.5, 0.6) is 5.75 Å². The van der Waals surface area contributed by atoms with Gasteiger partial charge in [0.15, 0.2) is 0 Å². The maximum atomic E-state index is 12.9. The van der Waals surface area contributed by atoms with Crippen LogP contribution in [0.15, 0.2) is 23.6 Å². The van der Waals surface area contributed by atoms with Crippen molar-refractivity contribution in [3.63, 3.8) is 0 Å². The number of thiophene rings is 1. The second-order valence-corrected chi connectivity index (χ2v) is 7.77. The van der Waals surface area contributed by atoms with E-state index in [1.807, 2.05) is 0 Å². The zero-order valence-corrected chi connectivity index (χ0v) is 15.4. The highest BCUT2D eigenvalue weighted by atomic mass is 32.1. The highest BCUT2D eigenvalue weighted by molar-refractivity contribution is 7.17. The van der Waals surface area contributed by atoms with Gasteiger partial charge in [0, 0.05) is 12.1 Å². The molecule has 1 aliphatic rings. The van der Waals surface area contributed by atoms with Crippen molar-refractivity contribution in [1.29, 1.82) is 0 Å². The molecule has 1 aliphatic heterocycles. The van der Waals surface area contributed by atoms with Crippen molar-refractivity contribution in [2.24, 2.45) is 0 Å². The second-order valence-electron chi connectivity index (χ2n) is 6.86. The smallest absolute Gasteiger partial charge is 0.416 e. The molecule has 8 heteroatoms. The summed E-state index contributed by atoms with van der Waals surface area (Å²) in [6, 6.07) is 3.55. The summed E-state index contributed by atoms with van der Waals surface area (Å²) >= 11 is 1.54. The van der Waals surface area contributed by atoms with E-state index in [2.05, 4.69) is 20.9 Å². The van der Waals surface area contributed by atoms with Gasteiger partial charge in [0.1, 0.15) is 11.3 Å². The van der Waals surface area contributed by atoms with Crippen LogP contribution in [-0.2, 0) is 6.18 Å². The van der Waals surface area contributed by atoms with Gasteiger partial charge in [0.2, 0.25) is 0 Å². The fourth-order valence-electron chi connectivity index (χ4n) is 3.64. The Kier molecular flexibility index (Phi) is 4.55. The lowest BCUT2D eigenvalue weighted by Gasteiger charge is -2.22. The second kappa shape index (κ2) is 6.76. The molecule has 0 spiro atoms. The summed E-state index contributed by atoms with van der Waals surface area (Å²) in [7, 11) is 0. The summed E-state index contributed by atoms with van der Waals surface area (Å²) < 4.78 is 39.7. The summed E-state index contributed by atoms with van der Waals surface area (Å²) in [6.07, 6.45) is -2.29. The van der Waals surface area contributed by atoms with Crippen molar-refractivity contribution in [2.75, 3.05) is 13.1 Å². The Morgan fingerprint density at radius 3 is 2.70 bits per heavy atom. The SMILES string of the molecule is Cc1cc(C(F)(F)F)cc(O)c1-c1cc2scc(C3CCCNC3)c2nn1. The summed E-state index contributed by atoms with van der Waals surface area (Å²) in [4.78, 5) is 0. The molecule has 4 rings (SSSR count). The lowest BCUT2D eigenvalue weighted by atomic mass is 9.93. The van der Waals surface area contributed by atoms with Crippen LogP contribution in [0, 0.1) is 6.92 Å². The number of fused-ring (bicyclic) bond motifs is 1. The number of nitrogens with one attached hydrogen (secondary N) is 1. The van der Waals surface area contributed by atoms with E-state index in [0.717, 1.165) is 53.8 Å². The number of nitrogens with zero attached hydrogens (tertiary/aromatic N) is 2. The molecule has 0 aliphatic carbocycles. The van der Waals surface area contributed by atoms with E-state index in [4.69, 9.17) is 0 Å². The average Bonchev–Trinajstić information content (AvgIpc) is 3.04. The standard InChI is InChI=1S/C19H18F3N3OS/c1-10-5-12(19(20,21)22)6-15(26)17(10)14-7-16-18(25-24-14)13(9-27-16)11-3-2-4-23-8-11/h5-7,9,11,23,26H,2-4,8H2,1H3. The van der Waals surface area contributed by atoms with E-state index in [-0.39, 0.29) is 5.56 Å². The number of phenolic OH excluding ortho intramolecular Hbond substituents is 1. The first-order chi connectivity index (χ1) is 12.8. The number of aromatic hydroxyl groups is 1. The van der Waals surface area contributed by atoms with Gasteiger partial charge in [-0.15, -0.1) is 21.5 Å². The van der Waals surface area contributed by atoms with Gasteiger partial charge in [-0.3, -0.25) is 0 Å². The first kappa shape index (κ1) is 18.2. The Morgan fingerprint density at radius 1 is 1.22 bits per heavy atom. The van der Waals surface area contributed by atoms with Gasteiger partial charge in [-0.25, -0.2) is 0 Å². The number of benzene rings is 1. The zero-order chi connectivity index (χ0) is 19.2.